The molecule has 3 aromatic carbocycles. The van der Waals surface area contributed by atoms with Gasteiger partial charge in [0.2, 0.25) is 0 Å². The SMILES string of the molecule is COc1ccc(-c2ccccc2)c2sc(NC(=O)c3ccc(CNCCCn4ccnc4)cc3)nc12. The molecule has 0 radical (unpaired) electrons. The lowest BCUT2D eigenvalue weighted by Crippen LogP contribution is -2.16. The average Bonchev–Trinajstić information content (AvgIpc) is 3.59. The van der Waals surface area contributed by atoms with Crippen LogP contribution >= 0.6 is 11.3 Å². The van der Waals surface area contributed by atoms with Crippen LogP contribution in [-0.4, -0.2) is 34.1 Å². The Morgan fingerprint density at radius 1 is 1.06 bits per heavy atom. The zero-order chi connectivity index (χ0) is 24.7. The number of carbonyl (C=O) groups is 1. The number of hydrogen-bond donors (Lipinski definition) is 2. The second kappa shape index (κ2) is 11.2. The minimum atomic E-state index is -0.186. The number of fused-ring (bicyclic) bond motifs is 1. The van der Waals surface area contributed by atoms with Crippen LogP contribution < -0.4 is 15.4 Å². The van der Waals surface area contributed by atoms with Gasteiger partial charge >= 0.3 is 0 Å². The predicted molar refractivity (Wildman–Crippen MR) is 145 cm³/mol. The van der Waals surface area contributed by atoms with E-state index in [1.165, 1.54) is 11.3 Å². The number of rotatable bonds is 10. The van der Waals surface area contributed by atoms with E-state index in [9.17, 15) is 4.79 Å². The van der Waals surface area contributed by atoms with Crippen LogP contribution in [0.5, 0.6) is 5.75 Å². The fourth-order valence-corrected chi connectivity index (χ4v) is 5.04. The summed E-state index contributed by atoms with van der Waals surface area (Å²) in [5.41, 5.74) is 4.62. The predicted octanol–water partition coefficient (Wildman–Crippen LogP) is 5.60. The molecule has 182 valence electrons. The molecule has 0 bridgehead atoms. The molecule has 8 heteroatoms. The molecule has 0 unspecified atom stereocenters. The van der Waals surface area contributed by atoms with Crippen molar-refractivity contribution in [2.45, 2.75) is 19.5 Å². The zero-order valence-corrected chi connectivity index (χ0v) is 20.8. The Bertz CT molecular complexity index is 1430. The van der Waals surface area contributed by atoms with E-state index < -0.39 is 0 Å². The summed E-state index contributed by atoms with van der Waals surface area (Å²) >= 11 is 1.45. The van der Waals surface area contributed by atoms with Crippen molar-refractivity contribution in [3.8, 4) is 16.9 Å². The fourth-order valence-electron chi connectivity index (χ4n) is 4.03. The Kier molecular flexibility index (Phi) is 7.35. The molecule has 0 aliphatic rings. The van der Waals surface area contributed by atoms with Gasteiger partial charge in [0.05, 0.1) is 18.1 Å². The molecule has 0 aliphatic carbocycles. The number of carbonyl (C=O) groups excluding carboxylic acids is 1. The van der Waals surface area contributed by atoms with Crippen molar-refractivity contribution in [3.05, 3.63) is 96.6 Å². The normalized spacial score (nSPS) is 11.0. The lowest BCUT2D eigenvalue weighted by molar-refractivity contribution is 0.102. The molecule has 0 saturated carbocycles. The first-order valence-corrected chi connectivity index (χ1v) is 12.6. The molecule has 5 aromatic rings. The van der Waals surface area contributed by atoms with E-state index in [1.54, 1.807) is 13.3 Å². The summed E-state index contributed by atoms with van der Waals surface area (Å²) in [6, 6.07) is 21.7. The highest BCUT2D eigenvalue weighted by molar-refractivity contribution is 7.23. The monoisotopic (exact) mass is 497 g/mol. The first kappa shape index (κ1) is 23.7. The van der Waals surface area contributed by atoms with Crippen LogP contribution in [0.15, 0.2) is 85.5 Å². The number of nitrogens with zero attached hydrogens (tertiary/aromatic N) is 3. The van der Waals surface area contributed by atoms with Gasteiger partial charge < -0.3 is 14.6 Å². The molecular formula is C28H27N5O2S. The maximum Gasteiger partial charge on any atom is 0.257 e. The number of imidazole rings is 1. The van der Waals surface area contributed by atoms with E-state index in [0.29, 0.717) is 16.4 Å². The highest BCUT2D eigenvalue weighted by atomic mass is 32.1. The van der Waals surface area contributed by atoms with E-state index in [-0.39, 0.29) is 5.91 Å². The Morgan fingerprint density at radius 2 is 1.89 bits per heavy atom. The second-order valence-corrected chi connectivity index (χ2v) is 9.36. The number of thiazole rings is 1. The van der Waals surface area contributed by atoms with E-state index in [1.807, 2.05) is 67.1 Å². The van der Waals surface area contributed by atoms with E-state index in [4.69, 9.17) is 4.74 Å². The third-order valence-electron chi connectivity index (χ3n) is 5.91. The Labute approximate surface area is 213 Å². The minimum Gasteiger partial charge on any atom is -0.494 e. The van der Waals surface area contributed by atoms with Crippen molar-refractivity contribution in [1.82, 2.24) is 19.9 Å². The largest absolute Gasteiger partial charge is 0.494 e. The number of methoxy groups -OCH3 is 1. The summed E-state index contributed by atoms with van der Waals surface area (Å²) in [4.78, 5) is 21.7. The molecule has 2 N–H and O–H groups in total. The average molecular weight is 498 g/mol. The van der Waals surface area contributed by atoms with Crippen molar-refractivity contribution in [1.29, 1.82) is 0 Å². The zero-order valence-electron chi connectivity index (χ0n) is 20.0. The molecular weight excluding hydrogens is 470 g/mol. The number of hydrogen-bond acceptors (Lipinski definition) is 6. The van der Waals surface area contributed by atoms with Crippen LogP contribution in [0.1, 0.15) is 22.3 Å². The van der Waals surface area contributed by atoms with Crippen LogP contribution in [0.2, 0.25) is 0 Å². The van der Waals surface area contributed by atoms with Crippen molar-refractivity contribution < 1.29 is 9.53 Å². The quantitative estimate of drug-likeness (QED) is 0.246. The van der Waals surface area contributed by atoms with Gasteiger partial charge in [-0.1, -0.05) is 53.8 Å². The Morgan fingerprint density at radius 3 is 2.64 bits per heavy atom. The summed E-state index contributed by atoms with van der Waals surface area (Å²) in [6.07, 6.45) is 6.62. The molecule has 5 rings (SSSR count). The van der Waals surface area contributed by atoms with Gasteiger partial charge in [0, 0.05) is 36.6 Å². The van der Waals surface area contributed by atoms with Gasteiger partial charge in [-0.3, -0.25) is 10.1 Å². The second-order valence-electron chi connectivity index (χ2n) is 8.36. The number of anilines is 1. The van der Waals surface area contributed by atoms with Gasteiger partial charge in [-0.2, -0.15) is 0 Å². The summed E-state index contributed by atoms with van der Waals surface area (Å²) < 4.78 is 8.57. The molecule has 0 saturated heterocycles. The summed E-state index contributed by atoms with van der Waals surface area (Å²) in [7, 11) is 1.63. The molecule has 0 atom stereocenters. The first-order chi connectivity index (χ1) is 17.7. The highest BCUT2D eigenvalue weighted by Crippen LogP contribution is 2.39. The number of nitrogens with one attached hydrogen (secondary N) is 2. The molecule has 0 fully saturated rings. The third kappa shape index (κ3) is 5.45. The van der Waals surface area contributed by atoms with Gasteiger partial charge in [0.25, 0.3) is 5.91 Å². The van der Waals surface area contributed by atoms with Crippen molar-refractivity contribution >= 4 is 32.6 Å². The molecule has 1 amide bonds. The first-order valence-electron chi connectivity index (χ1n) is 11.8. The van der Waals surface area contributed by atoms with Gasteiger partial charge in [0.15, 0.2) is 5.13 Å². The van der Waals surface area contributed by atoms with E-state index >= 15 is 0 Å². The van der Waals surface area contributed by atoms with Crippen LogP contribution in [0, 0.1) is 0 Å². The standard InChI is InChI=1S/C28H27N5O2S/c1-35-24-13-12-23(21-6-3-2-4-7-21)26-25(24)31-28(36-26)32-27(34)22-10-8-20(9-11-22)18-29-14-5-16-33-17-15-30-19-33/h2-4,6-13,15,17,19,29H,5,14,16,18H2,1H3,(H,31,32,34). The number of aromatic nitrogens is 3. The number of ether oxygens (including phenoxy) is 1. The van der Waals surface area contributed by atoms with Crippen molar-refractivity contribution in [2.24, 2.45) is 0 Å². The smallest absolute Gasteiger partial charge is 0.257 e. The van der Waals surface area contributed by atoms with Gasteiger partial charge in [-0.05, 0) is 48.4 Å². The van der Waals surface area contributed by atoms with Crippen LogP contribution in [0.25, 0.3) is 21.3 Å². The molecule has 0 spiro atoms. The topological polar surface area (TPSA) is 81.1 Å². The highest BCUT2D eigenvalue weighted by Gasteiger charge is 2.16. The van der Waals surface area contributed by atoms with Gasteiger partial charge in [0.1, 0.15) is 11.3 Å². The number of benzene rings is 3. The molecule has 36 heavy (non-hydrogen) atoms. The lowest BCUT2D eigenvalue weighted by Gasteiger charge is -2.07. The van der Waals surface area contributed by atoms with Crippen molar-refractivity contribution in [2.75, 3.05) is 19.0 Å². The van der Waals surface area contributed by atoms with Crippen molar-refractivity contribution in [3.63, 3.8) is 0 Å². The summed E-state index contributed by atoms with van der Waals surface area (Å²) in [5, 5.41) is 6.94. The summed E-state index contributed by atoms with van der Waals surface area (Å²) in [5.74, 6) is 0.498. The van der Waals surface area contributed by atoms with Crippen LogP contribution in [0.3, 0.4) is 0 Å². The molecule has 0 aliphatic heterocycles. The minimum absolute atomic E-state index is 0.186. The van der Waals surface area contributed by atoms with E-state index in [0.717, 1.165) is 53.0 Å². The number of aryl methyl sites for hydroxylation is 1. The lowest BCUT2D eigenvalue weighted by atomic mass is 10.1. The summed E-state index contributed by atoms with van der Waals surface area (Å²) in [6.45, 7) is 2.61. The van der Waals surface area contributed by atoms with Crippen LogP contribution in [0.4, 0.5) is 5.13 Å². The Balaban J connectivity index is 1.23. The van der Waals surface area contributed by atoms with Crippen LogP contribution in [-0.2, 0) is 13.1 Å². The Hall–Kier alpha value is -4.01. The number of amides is 1. The maximum atomic E-state index is 12.9. The third-order valence-corrected chi connectivity index (χ3v) is 6.91. The fraction of sp³-hybridized carbons (Fsp3) is 0.179. The van der Waals surface area contributed by atoms with Gasteiger partial charge in [-0.15, -0.1) is 0 Å². The maximum absolute atomic E-state index is 12.9. The molecule has 2 heterocycles. The van der Waals surface area contributed by atoms with E-state index in [2.05, 4.69) is 37.3 Å². The molecule has 7 nitrogen and oxygen atoms in total. The molecule has 2 aromatic heterocycles. The van der Waals surface area contributed by atoms with Gasteiger partial charge in [-0.25, -0.2) is 9.97 Å².